The number of carbonyl (C=O) groups excluding carboxylic acids is 1. The maximum atomic E-state index is 11.8. The summed E-state index contributed by atoms with van der Waals surface area (Å²) < 4.78 is 45.5. The van der Waals surface area contributed by atoms with Gasteiger partial charge in [0.25, 0.3) is 0 Å². The normalized spacial score (nSPS) is 15.6. The molecule has 9 heteroatoms. The minimum absolute atomic E-state index is 0.0284. The molecule has 1 aliphatic rings. The number of ether oxygens (including phenoxy) is 4. The Balaban J connectivity index is 1.72. The van der Waals surface area contributed by atoms with Crippen LogP contribution in [0, 0.1) is 19.8 Å². The summed E-state index contributed by atoms with van der Waals surface area (Å²) in [6.45, 7) is 9.11. The standard InChI is InChI=1S/C32H41ClO7S/c1-7-10-27-26(18-30(34)37-5)20-40-28(27)16-22(3)39-19-24-11-8-12-25(17-24)31-21(2)15-29(32(33)23(31)4)38-13-9-14-41(6,35)36/h8,11-12,15-17,26H,7,9-10,13-14,18-20H2,1-6H3/b22-16+. The van der Waals surface area contributed by atoms with Gasteiger partial charge in [-0.15, -0.1) is 0 Å². The summed E-state index contributed by atoms with van der Waals surface area (Å²) in [6, 6.07) is 10.0. The summed E-state index contributed by atoms with van der Waals surface area (Å²) in [4.78, 5) is 11.8. The van der Waals surface area contributed by atoms with Crippen molar-refractivity contribution in [1.29, 1.82) is 0 Å². The quantitative estimate of drug-likeness (QED) is 0.129. The fourth-order valence-electron chi connectivity index (χ4n) is 5.00. The monoisotopic (exact) mass is 604 g/mol. The van der Waals surface area contributed by atoms with Gasteiger partial charge >= 0.3 is 5.97 Å². The fourth-order valence-corrected chi connectivity index (χ4v) is 5.84. The third kappa shape index (κ3) is 9.27. The Hall–Kier alpha value is -2.97. The predicted molar refractivity (Wildman–Crippen MR) is 163 cm³/mol. The third-order valence-electron chi connectivity index (χ3n) is 7.01. The lowest BCUT2D eigenvalue weighted by Crippen LogP contribution is -2.12. The number of hydrogen-bond acceptors (Lipinski definition) is 7. The summed E-state index contributed by atoms with van der Waals surface area (Å²) in [5.74, 6) is 1.94. The number of rotatable bonds is 14. The summed E-state index contributed by atoms with van der Waals surface area (Å²) in [5, 5.41) is 0.517. The molecule has 7 nitrogen and oxygen atoms in total. The summed E-state index contributed by atoms with van der Waals surface area (Å²) in [6.07, 6.45) is 5.66. The number of sulfone groups is 1. The van der Waals surface area contributed by atoms with Gasteiger partial charge in [0.1, 0.15) is 28.0 Å². The summed E-state index contributed by atoms with van der Waals surface area (Å²) in [5.41, 5.74) is 6.09. The smallest absolute Gasteiger partial charge is 0.306 e. The van der Waals surface area contributed by atoms with Crippen LogP contribution in [0.4, 0.5) is 0 Å². The van der Waals surface area contributed by atoms with Gasteiger partial charge in [-0.05, 0) is 79.1 Å². The minimum atomic E-state index is -3.03. The molecular weight excluding hydrogens is 564 g/mol. The first-order valence-electron chi connectivity index (χ1n) is 13.9. The average Bonchev–Trinajstić information content (AvgIpc) is 3.28. The van der Waals surface area contributed by atoms with Crippen molar-refractivity contribution in [2.75, 3.05) is 32.3 Å². The zero-order chi connectivity index (χ0) is 30.2. The maximum Gasteiger partial charge on any atom is 0.306 e. The summed E-state index contributed by atoms with van der Waals surface area (Å²) in [7, 11) is -1.63. The number of methoxy groups -OCH3 is 1. The van der Waals surface area contributed by atoms with Gasteiger partial charge in [0, 0.05) is 18.2 Å². The van der Waals surface area contributed by atoms with Crippen molar-refractivity contribution in [3.05, 3.63) is 75.2 Å². The van der Waals surface area contributed by atoms with Crippen molar-refractivity contribution in [3.8, 4) is 16.9 Å². The number of allylic oxidation sites excluding steroid dienone is 2. The highest BCUT2D eigenvalue weighted by Gasteiger charge is 2.28. The summed E-state index contributed by atoms with van der Waals surface area (Å²) >= 11 is 6.68. The van der Waals surface area contributed by atoms with Crippen molar-refractivity contribution in [2.45, 2.75) is 60.0 Å². The van der Waals surface area contributed by atoms with E-state index >= 15 is 0 Å². The van der Waals surface area contributed by atoms with Crippen LogP contribution >= 0.6 is 11.6 Å². The van der Waals surface area contributed by atoms with Crippen LogP contribution in [0.1, 0.15) is 56.2 Å². The van der Waals surface area contributed by atoms with Gasteiger partial charge in [-0.3, -0.25) is 4.79 Å². The minimum Gasteiger partial charge on any atom is -0.493 e. The van der Waals surface area contributed by atoms with E-state index in [1.165, 1.54) is 13.4 Å². The lowest BCUT2D eigenvalue weighted by atomic mass is 9.93. The van der Waals surface area contributed by atoms with Crippen molar-refractivity contribution in [2.24, 2.45) is 5.92 Å². The van der Waals surface area contributed by atoms with Crippen LogP contribution in [0.2, 0.25) is 5.02 Å². The van der Waals surface area contributed by atoms with Crippen LogP contribution in [0.5, 0.6) is 5.75 Å². The van der Waals surface area contributed by atoms with Crippen molar-refractivity contribution < 1.29 is 32.2 Å². The van der Waals surface area contributed by atoms with E-state index in [0.29, 0.717) is 36.8 Å². The molecule has 0 saturated carbocycles. The lowest BCUT2D eigenvalue weighted by Gasteiger charge is -2.17. The van der Waals surface area contributed by atoms with Gasteiger partial charge in [0.15, 0.2) is 0 Å². The van der Waals surface area contributed by atoms with Gasteiger partial charge < -0.3 is 18.9 Å². The molecule has 0 aromatic heterocycles. The molecule has 2 aromatic carbocycles. The molecule has 0 N–H and O–H groups in total. The molecule has 224 valence electrons. The molecule has 0 radical (unpaired) electrons. The number of carbonyl (C=O) groups is 1. The molecule has 41 heavy (non-hydrogen) atoms. The molecule has 0 spiro atoms. The van der Waals surface area contributed by atoms with E-state index < -0.39 is 9.84 Å². The molecule has 0 fully saturated rings. The van der Waals surface area contributed by atoms with E-state index in [2.05, 4.69) is 13.0 Å². The maximum absolute atomic E-state index is 11.8. The van der Waals surface area contributed by atoms with Crippen LogP contribution in [0.25, 0.3) is 11.1 Å². The molecule has 0 saturated heterocycles. The Kier molecular flexibility index (Phi) is 11.7. The SMILES string of the molecule is CCCC1=C(/C=C(\C)OCc2cccc(-c3c(C)cc(OCCCS(C)(=O)=O)c(Cl)c3C)c2)OCC1CC(=O)OC. The van der Waals surface area contributed by atoms with Crippen molar-refractivity contribution in [3.63, 3.8) is 0 Å². The first-order chi connectivity index (χ1) is 19.4. The second kappa shape index (κ2) is 14.8. The van der Waals surface area contributed by atoms with Crippen LogP contribution < -0.4 is 4.74 Å². The van der Waals surface area contributed by atoms with Crippen molar-refractivity contribution in [1.82, 2.24) is 0 Å². The Morgan fingerprint density at radius 2 is 1.98 bits per heavy atom. The van der Waals surface area contributed by atoms with Gasteiger partial charge in [-0.25, -0.2) is 8.42 Å². The lowest BCUT2D eigenvalue weighted by molar-refractivity contribution is -0.141. The third-order valence-corrected chi connectivity index (χ3v) is 8.51. The Morgan fingerprint density at radius 3 is 2.66 bits per heavy atom. The molecular formula is C32H41ClO7S. The molecule has 0 bridgehead atoms. The van der Waals surface area contributed by atoms with E-state index in [0.717, 1.165) is 57.8 Å². The van der Waals surface area contributed by atoms with Crippen LogP contribution in [-0.4, -0.2) is 46.7 Å². The van der Waals surface area contributed by atoms with Crippen LogP contribution in [0.15, 0.2) is 53.5 Å². The van der Waals surface area contributed by atoms with E-state index in [4.69, 9.17) is 30.5 Å². The topological polar surface area (TPSA) is 88.1 Å². The number of esters is 1. The molecule has 1 atom stereocenters. The Morgan fingerprint density at radius 1 is 1.22 bits per heavy atom. The van der Waals surface area contributed by atoms with E-state index in [-0.39, 0.29) is 24.2 Å². The highest BCUT2D eigenvalue weighted by molar-refractivity contribution is 7.90. The molecule has 1 unspecified atom stereocenters. The molecule has 0 aliphatic carbocycles. The molecule has 3 rings (SSSR count). The van der Waals surface area contributed by atoms with E-state index in [1.54, 1.807) is 0 Å². The van der Waals surface area contributed by atoms with Crippen molar-refractivity contribution >= 4 is 27.4 Å². The molecule has 1 aliphatic heterocycles. The highest BCUT2D eigenvalue weighted by Crippen LogP contribution is 2.39. The average molecular weight is 605 g/mol. The first-order valence-corrected chi connectivity index (χ1v) is 16.3. The predicted octanol–water partition coefficient (Wildman–Crippen LogP) is 7.12. The van der Waals surface area contributed by atoms with Gasteiger partial charge in [-0.2, -0.15) is 0 Å². The zero-order valence-electron chi connectivity index (χ0n) is 24.8. The van der Waals surface area contributed by atoms with E-state index in [1.807, 2.05) is 51.1 Å². The van der Waals surface area contributed by atoms with Crippen LogP contribution in [0.3, 0.4) is 0 Å². The fraction of sp³-hybridized carbons (Fsp3) is 0.469. The number of hydrogen-bond donors (Lipinski definition) is 0. The number of aryl methyl sites for hydroxylation is 1. The van der Waals surface area contributed by atoms with Gasteiger partial charge in [-0.1, -0.05) is 43.1 Å². The first kappa shape index (κ1) is 32.5. The van der Waals surface area contributed by atoms with Crippen LogP contribution in [-0.2, 0) is 35.4 Å². The Labute approximate surface area is 249 Å². The van der Waals surface area contributed by atoms with Gasteiger partial charge in [0.05, 0.1) is 43.3 Å². The van der Waals surface area contributed by atoms with Gasteiger partial charge in [0.2, 0.25) is 0 Å². The molecule has 2 aromatic rings. The zero-order valence-corrected chi connectivity index (χ0v) is 26.4. The highest BCUT2D eigenvalue weighted by atomic mass is 35.5. The number of benzene rings is 2. The van der Waals surface area contributed by atoms with E-state index in [9.17, 15) is 13.2 Å². The Bertz CT molecular complexity index is 1410. The molecule has 1 heterocycles. The number of halogens is 1. The second-order valence-corrected chi connectivity index (χ2v) is 13.1. The molecule has 0 amide bonds. The second-order valence-electron chi connectivity index (χ2n) is 10.5. The largest absolute Gasteiger partial charge is 0.493 e.